The van der Waals surface area contributed by atoms with E-state index in [9.17, 15) is 4.79 Å². The van der Waals surface area contributed by atoms with E-state index in [2.05, 4.69) is 26.0 Å². The summed E-state index contributed by atoms with van der Waals surface area (Å²) in [6, 6.07) is 23.6. The molecule has 3 aromatic carbocycles. The van der Waals surface area contributed by atoms with Crippen molar-refractivity contribution in [3.63, 3.8) is 0 Å². The van der Waals surface area contributed by atoms with Crippen molar-refractivity contribution in [2.75, 3.05) is 18.6 Å². The van der Waals surface area contributed by atoms with Crippen molar-refractivity contribution in [1.82, 2.24) is 9.55 Å². The highest BCUT2D eigenvalue weighted by molar-refractivity contribution is 5.96. The monoisotopic (exact) mass is 471 g/mol. The van der Waals surface area contributed by atoms with E-state index < -0.39 is 0 Å². The molecule has 1 unspecified atom stereocenters. The van der Waals surface area contributed by atoms with E-state index in [0.29, 0.717) is 12.4 Å². The number of anilines is 1. The average molecular weight is 472 g/mol. The minimum absolute atomic E-state index is 0.0114. The van der Waals surface area contributed by atoms with E-state index in [1.165, 1.54) is 0 Å². The summed E-state index contributed by atoms with van der Waals surface area (Å²) in [5.41, 5.74) is 4.94. The lowest BCUT2D eigenvalue weighted by Crippen LogP contribution is -2.44. The van der Waals surface area contributed by atoms with Crippen LogP contribution in [0.25, 0.3) is 11.0 Å². The summed E-state index contributed by atoms with van der Waals surface area (Å²) in [4.78, 5) is 20.7. The number of nitrogens with zero attached hydrogens (tertiary/aromatic N) is 3. The Hall–Kier alpha value is -3.64. The van der Waals surface area contributed by atoms with E-state index in [-0.39, 0.29) is 25.1 Å². The van der Waals surface area contributed by atoms with Gasteiger partial charge >= 0.3 is 0 Å². The summed E-state index contributed by atoms with van der Waals surface area (Å²) in [5.74, 6) is 1.46. The number of aromatic nitrogens is 2. The van der Waals surface area contributed by atoms with Gasteiger partial charge < -0.3 is 18.9 Å². The van der Waals surface area contributed by atoms with Crippen molar-refractivity contribution in [3.8, 4) is 5.75 Å². The molecule has 0 aliphatic rings. The molecule has 0 spiro atoms. The Bertz CT molecular complexity index is 1280. The number of hydrogen-bond acceptors (Lipinski definition) is 4. The van der Waals surface area contributed by atoms with Crippen LogP contribution in [0.1, 0.15) is 30.8 Å². The Morgan fingerprint density at radius 2 is 1.77 bits per heavy atom. The number of fused-ring (bicyclic) bond motifs is 1. The smallest absolute Gasteiger partial charge is 0.247 e. The molecule has 0 bridgehead atoms. The normalized spacial score (nSPS) is 12.0. The minimum Gasteiger partial charge on any atom is -0.486 e. The van der Waals surface area contributed by atoms with Crippen molar-refractivity contribution in [1.29, 1.82) is 0 Å². The van der Waals surface area contributed by atoms with Crippen LogP contribution in [0, 0.1) is 6.92 Å². The first-order valence-electron chi connectivity index (χ1n) is 12.0. The Labute approximate surface area is 207 Å². The first-order valence-corrected chi connectivity index (χ1v) is 12.0. The van der Waals surface area contributed by atoms with Crippen LogP contribution in [-0.2, 0) is 29.1 Å². The van der Waals surface area contributed by atoms with Crippen LogP contribution in [0.4, 0.5) is 5.69 Å². The Kier molecular flexibility index (Phi) is 7.83. The van der Waals surface area contributed by atoms with Gasteiger partial charge in [-0.1, -0.05) is 55.5 Å². The van der Waals surface area contributed by atoms with Gasteiger partial charge in [0, 0.05) is 7.11 Å². The number of carbonyl (C=O) groups excluding carboxylic acids is 1. The number of ether oxygens (including phenoxy) is 2. The molecule has 35 heavy (non-hydrogen) atoms. The lowest BCUT2D eigenvalue weighted by atomic mass is 10.0. The molecule has 6 heteroatoms. The van der Waals surface area contributed by atoms with Crippen molar-refractivity contribution in [2.45, 2.75) is 46.4 Å². The number of rotatable bonds is 10. The number of benzene rings is 3. The highest BCUT2D eigenvalue weighted by Crippen LogP contribution is 2.29. The third kappa shape index (κ3) is 5.38. The average Bonchev–Trinajstić information content (AvgIpc) is 3.22. The molecule has 4 aromatic rings. The van der Waals surface area contributed by atoms with E-state index in [4.69, 9.17) is 14.5 Å². The highest BCUT2D eigenvalue weighted by atomic mass is 16.5. The van der Waals surface area contributed by atoms with Crippen molar-refractivity contribution >= 4 is 22.6 Å². The number of amides is 1. The van der Waals surface area contributed by atoms with Crippen LogP contribution in [0.15, 0.2) is 72.8 Å². The van der Waals surface area contributed by atoms with Gasteiger partial charge in [0.15, 0.2) is 0 Å². The second kappa shape index (κ2) is 11.2. The molecule has 0 aliphatic heterocycles. The number of carbonyl (C=O) groups is 1. The maximum Gasteiger partial charge on any atom is 0.247 e. The van der Waals surface area contributed by atoms with Gasteiger partial charge in [0.25, 0.3) is 0 Å². The summed E-state index contributed by atoms with van der Waals surface area (Å²) < 4.78 is 13.4. The van der Waals surface area contributed by atoms with Gasteiger partial charge in [0.2, 0.25) is 5.91 Å². The second-order valence-corrected chi connectivity index (χ2v) is 8.71. The summed E-state index contributed by atoms with van der Waals surface area (Å²) in [6.45, 7) is 7.06. The summed E-state index contributed by atoms with van der Waals surface area (Å²) in [7, 11) is 1.67. The Morgan fingerprint density at radius 1 is 1.03 bits per heavy atom. The standard InChI is InChI=1S/C29H33N3O3/c1-5-23-13-11-12-21(2)29(23)32(22(3)19-34-4)28(33)18-31-26-17-10-9-16-25(26)30-27(31)20-35-24-14-7-6-8-15-24/h6-17,22H,5,18-20H2,1-4H3. The fourth-order valence-electron chi connectivity index (χ4n) is 4.54. The fraction of sp³-hybridized carbons (Fsp3) is 0.310. The lowest BCUT2D eigenvalue weighted by Gasteiger charge is -2.32. The molecule has 4 rings (SSSR count). The topological polar surface area (TPSA) is 56.6 Å². The zero-order chi connectivity index (χ0) is 24.8. The number of para-hydroxylation sites is 4. The van der Waals surface area contributed by atoms with Gasteiger partial charge in [0.05, 0.1) is 29.4 Å². The first kappa shape index (κ1) is 24.5. The molecule has 1 atom stereocenters. The lowest BCUT2D eigenvalue weighted by molar-refractivity contribution is -0.119. The number of methoxy groups -OCH3 is 1. The highest BCUT2D eigenvalue weighted by Gasteiger charge is 2.27. The maximum atomic E-state index is 14.0. The molecule has 6 nitrogen and oxygen atoms in total. The molecule has 0 N–H and O–H groups in total. The molecule has 1 heterocycles. The van der Waals surface area contributed by atoms with Gasteiger partial charge in [-0.15, -0.1) is 0 Å². The largest absolute Gasteiger partial charge is 0.486 e. The van der Waals surface area contributed by atoms with E-state index in [0.717, 1.165) is 40.0 Å². The molecule has 0 aliphatic carbocycles. The molecule has 0 fully saturated rings. The molecule has 0 saturated carbocycles. The van der Waals surface area contributed by atoms with E-state index in [1.807, 2.05) is 77.1 Å². The first-order chi connectivity index (χ1) is 17.0. The predicted octanol–water partition coefficient (Wildman–Crippen LogP) is 5.55. The van der Waals surface area contributed by atoms with Crippen LogP contribution in [0.2, 0.25) is 0 Å². The molecular formula is C29H33N3O3. The Balaban J connectivity index is 1.71. The van der Waals surface area contributed by atoms with Crippen LogP contribution >= 0.6 is 0 Å². The van der Waals surface area contributed by atoms with Gasteiger partial charge in [-0.25, -0.2) is 4.98 Å². The molecule has 0 saturated heterocycles. The van der Waals surface area contributed by atoms with E-state index in [1.54, 1.807) is 7.11 Å². The molecule has 1 aromatic heterocycles. The Morgan fingerprint density at radius 3 is 2.51 bits per heavy atom. The van der Waals surface area contributed by atoms with Crippen LogP contribution < -0.4 is 9.64 Å². The van der Waals surface area contributed by atoms with Crippen LogP contribution in [0.3, 0.4) is 0 Å². The van der Waals surface area contributed by atoms with Crippen LogP contribution in [-0.4, -0.2) is 35.2 Å². The fourth-order valence-corrected chi connectivity index (χ4v) is 4.54. The maximum absolute atomic E-state index is 14.0. The van der Waals surface area contributed by atoms with Gasteiger partial charge in [-0.3, -0.25) is 4.79 Å². The van der Waals surface area contributed by atoms with Crippen LogP contribution in [0.5, 0.6) is 5.75 Å². The van der Waals surface area contributed by atoms with Gasteiger partial charge in [-0.2, -0.15) is 0 Å². The number of aryl methyl sites for hydroxylation is 2. The molecule has 0 radical (unpaired) electrons. The molecule has 1 amide bonds. The van der Waals surface area contributed by atoms with Gasteiger partial charge in [-0.05, 0) is 55.7 Å². The summed E-state index contributed by atoms with van der Waals surface area (Å²) in [6.07, 6.45) is 0.838. The summed E-state index contributed by atoms with van der Waals surface area (Å²) >= 11 is 0. The van der Waals surface area contributed by atoms with E-state index >= 15 is 0 Å². The van der Waals surface area contributed by atoms with Gasteiger partial charge in [0.1, 0.15) is 24.7 Å². The minimum atomic E-state index is -0.127. The SMILES string of the molecule is CCc1cccc(C)c1N(C(=O)Cn1c(COc2ccccc2)nc2ccccc21)C(C)COC. The van der Waals surface area contributed by atoms with Crippen molar-refractivity contribution in [3.05, 3.63) is 89.7 Å². The predicted molar refractivity (Wildman–Crippen MR) is 140 cm³/mol. The quantitative estimate of drug-likeness (QED) is 0.304. The second-order valence-electron chi connectivity index (χ2n) is 8.71. The summed E-state index contributed by atoms with van der Waals surface area (Å²) in [5, 5.41) is 0. The van der Waals surface area contributed by atoms with Crippen molar-refractivity contribution < 1.29 is 14.3 Å². The molecule has 182 valence electrons. The number of hydrogen-bond donors (Lipinski definition) is 0. The number of imidazole rings is 1. The zero-order valence-corrected chi connectivity index (χ0v) is 20.9. The van der Waals surface area contributed by atoms with Crippen molar-refractivity contribution in [2.24, 2.45) is 0 Å². The molecular weight excluding hydrogens is 438 g/mol. The zero-order valence-electron chi connectivity index (χ0n) is 20.9. The third-order valence-corrected chi connectivity index (χ3v) is 6.20. The third-order valence-electron chi connectivity index (χ3n) is 6.20.